The molecule has 2 heterocycles. The molecule has 1 aromatic heterocycles. The van der Waals surface area contributed by atoms with E-state index in [4.69, 9.17) is 16.1 Å². The van der Waals surface area contributed by atoms with Gasteiger partial charge in [-0.3, -0.25) is 9.59 Å². The predicted octanol–water partition coefficient (Wildman–Crippen LogP) is 2.31. The molecule has 0 atom stereocenters. The van der Waals surface area contributed by atoms with E-state index in [1.165, 1.54) is 6.92 Å². The second-order valence-electron chi connectivity index (χ2n) is 7.46. The van der Waals surface area contributed by atoms with Crippen molar-refractivity contribution in [3.63, 3.8) is 0 Å². The molecule has 7 nitrogen and oxygen atoms in total. The number of likely N-dealkylation sites (tertiary alicyclic amines) is 1. The Balaban J connectivity index is 1.43. The van der Waals surface area contributed by atoms with Gasteiger partial charge in [0.05, 0.1) is 12.0 Å². The molecule has 0 radical (unpaired) electrons. The van der Waals surface area contributed by atoms with E-state index in [1.54, 1.807) is 4.90 Å². The van der Waals surface area contributed by atoms with Gasteiger partial charge in [-0.2, -0.15) is 4.98 Å². The molecular formula is C19H21ClN4O3. The molecule has 2 amide bonds. The van der Waals surface area contributed by atoms with Crippen LogP contribution in [0.25, 0.3) is 0 Å². The smallest absolute Gasteiger partial charge is 0.246 e. The number of carbonyl (C=O) groups excluding carboxylic acids is 2. The largest absolute Gasteiger partial charge is 0.346 e. The minimum atomic E-state index is -0.654. The van der Waals surface area contributed by atoms with E-state index in [0.717, 1.165) is 24.2 Å². The van der Waals surface area contributed by atoms with Crippen LogP contribution in [0.5, 0.6) is 0 Å². The third kappa shape index (κ3) is 3.83. The Morgan fingerprint density at radius 2 is 2.00 bits per heavy atom. The first-order valence-electron chi connectivity index (χ1n) is 9.06. The molecule has 1 aromatic carbocycles. The van der Waals surface area contributed by atoms with E-state index in [9.17, 15) is 9.59 Å². The Labute approximate surface area is 162 Å². The summed E-state index contributed by atoms with van der Waals surface area (Å²) in [6, 6.07) is 7.44. The van der Waals surface area contributed by atoms with Gasteiger partial charge in [-0.25, -0.2) is 0 Å². The Morgan fingerprint density at radius 1 is 1.30 bits per heavy atom. The van der Waals surface area contributed by atoms with E-state index in [2.05, 4.69) is 15.5 Å². The Morgan fingerprint density at radius 3 is 2.63 bits per heavy atom. The summed E-state index contributed by atoms with van der Waals surface area (Å²) in [5.74, 6) is 1.41. The molecule has 0 spiro atoms. The highest BCUT2D eigenvalue weighted by atomic mass is 35.5. The van der Waals surface area contributed by atoms with Crippen LogP contribution in [0.3, 0.4) is 0 Å². The maximum atomic E-state index is 12.9. The molecule has 27 heavy (non-hydrogen) atoms. The van der Waals surface area contributed by atoms with Gasteiger partial charge in [0.15, 0.2) is 5.82 Å². The summed E-state index contributed by atoms with van der Waals surface area (Å²) in [7, 11) is 0. The van der Waals surface area contributed by atoms with Gasteiger partial charge in [0.1, 0.15) is 0 Å². The number of rotatable bonds is 6. The first-order chi connectivity index (χ1) is 12.9. The van der Waals surface area contributed by atoms with Crippen LogP contribution in [-0.2, 0) is 22.6 Å². The summed E-state index contributed by atoms with van der Waals surface area (Å²) < 4.78 is 5.22. The predicted molar refractivity (Wildman–Crippen MR) is 98.0 cm³/mol. The van der Waals surface area contributed by atoms with Gasteiger partial charge in [0.2, 0.25) is 17.7 Å². The summed E-state index contributed by atoms with van der Waals surface area (Å²) in [4.78, 5) is 30.6. The molecule has 2 aliphatic rings. The fourth-order valence-electron chi connectivity index (χ4n) is 3.43. The highest BCUT2D eigenvalue weighted by molar-refractivity contribution is 6.30. The van der Waals surface area contributed by atoms with Crippen LogP contribution >= 0.6 is 11.6 Å². The summed E-state index contributed by atoms with van der Waals surface area (Å²) >= 11 is 5.95. The minimum Gasteiger partial charge on any atom is -0.346 e. The average Bonchev–Trinajstić information content (AvgIpc) is 3.35. The Kier molecular flexibility index (Phi) is 4.63. The number of aromatic nitrogens is 2. The first kappa shape index (κ1) is 18.0. The molecule has 4 rings (SSSR count). The molecular weight excluding hydrogens is 368 g/mol. The number of hydrogen-bond donors (Lipinski definition) is 1. The molecule has 2 aromatic rings. The highest BCUT2D eigenvalue weighted by Crippen LogP contribution is 2.38. The van der Waals surface area contributed by atoms with Crippen LogP contribution in [0.4, 0.5) is 0 Å². The Bertz CT molecular complexity index is 854. The fourth-order valence-corrected chi connectivity index (χ4v) is 3.55. The molecule has 8 heteroatoms. The van der Waals surface area contributed by atoms with Crippen molar-refractivity contribution in [3.05, 3.63) is 46.6 Å². The quantitative estimate of drug-likeness (QED) is 0.820. The number of nitrogens with one attached hydrogen (secondary N) is 1. The van der Waals surface area contributed by atoms with Crippen LogP contribution in [-0.4, -0.2) is 39.9 Å². The maximum Gasteiger partial charge on any atom is 0.246 e. The lowest BCUT2D eigenvalue weighted by Gasteiger charge is -2.48. The summed E-state index contributed by atoms with van der Waals surface area (Å²) in [5, 5.41) is 7.52. The van der Waals surface area contributed by atoms with Gasteiger partial charge >= 0.3 is 0 Å². The van der Waals surface area contributed by atoms with Crippen LogP contribution in [0.2, 0.25) is 5.02 Å². The zero-order valence-electron chi connectivity index (χ0n) is 15.1. The third-order valence-electron chi connectivity index (χ3n) is 5.20. The van der Waals surface area contributed by atoms with Crippen molar-refractivity contribution in [1.82, 2.24) is 20.4 Å². The molecule has 142 valence electrons. The summed E-state index contributed by atoms with van der Waals surface area (Å²) in [5.41, 5.74) is 0.352. The SMILES string of the molecule is CC(=O)N1CC(Cc2ccc(Cl)cc2)(C(=O)NCc2nc(C3CC3)no2)C1. The van der Waals surface area contributed by atoms with E-state index < -0.39 is 5.41 Å². The topological polar surface area (TPSA) is 88.3 Å². The van der Waals surface area contributed by atoms with E-state index in [0.29, 0.717) is 36.3 Å². The first-order valence-corrected chi connectivity index (χ1v) is 9.44. The number of nitrogens with zero attached hydrogens (tertiary/aromatic N) is 3. The molecule has 1 N–H and O–H groups in total. The van der Waals surface area contributed by atoms with E-state index >= 15 is 0 Å². The van der Waals surface area contributed by atoms with Crippen LogP contribution < -0.4 is 5.32 Å². The highest BCUT2D eigenvalue weighted by Gasteiger charge is 2.50. The number of halogens is 1. The van der Waals surface area contributed by atoms with Gasteiger partial charge < -0.3 is 14.7 Å². The molecule has 1 saturated heterocycles. The fraction of sp³-hybridized carbons (Fsp3) is 0.474. The molecule has 1 aliphatic carbocycles. The molecule has 0 unspecified atom stereocenters. The number of benzene rings is 1. The lowest BCUT2D eigenvalue weighted by atomic mass is 9.73. The van der Waals surface area contributed by atoms with Crippen molar-refractivity contribution in [3.8, 4) is 0 Å². The summed E-state index contributed by atoms with van der Waals surface area (Å²) in [6.07, 6.45) is 2.73. The van der Waals surface area contributed by atoms with E-state index in [-0.39, 0.29) is 18.4 Å². The second kappa shape index (κ2) is 6.96. The number of carbonyl (C=O) groups is 2. The maximum absolute atomic E-state index is 12.9. The van der Waals surface area contributed by atoms with Crippen molar-refractivity contribution in [2.24, 2.45) is 5.41 Å². The number of hydrogen-bond acceptors (Lipinski definition) is 5. The average molecular weight is 389 g/mol. The molecule has 0 bridgehead atoms. The van der Waals surface area contributed by atoms with Crippen LogP contribution in [0.15, 0.2) is 28.8 Å². The second-order valence-corrected chi connectivity index (χ2v) is 7.90. The standard InChI is InChI=1S/C19H21ClN4O3/c1-12(25)24-10-19(11-24,8-13-2-6-15(20)7-3-13)18(26)21-9-16-22-17(23-27-16)14-4-5-14/h2-3,6-7,14H,4-5,8-11H2,1H3,(H,21,26). The van der Waals surface area contributed by atoms with Crippen molar-refractivity contribution < 1.29 is 14.1 Å². The monoisotopic (exact) mass is 388 g/mol. The van der Waals surface area contributed by atoms with Gasteiger partial charge in [-0.05, 0) is 37.0 Å². The molecule has 2 fully saturated rings. The molecule has 1 aliphatic heterocycles. The zero-order valence-corrected chi connectivity index (χ0v) is 15.8. The van der Waals surface area contributed by atoms with Crippen molar-refractivity contribution in [2.45, 2.75) is 38.6 Å². The van der Waals surface area contributed by atoms with Crippen molar-refractivity contribution in [1.29, 1.82) is 0 Å². The van der Waals surface area contributed by atoms with Gasteiger partial charge in [-0.1, -0.05) is 28.9 Å². The zero-order chi connectivity index (χ0) is 19.0. The van der Waals surface area contributed by atoms with Crippen molar-refractivity contribution in [2.75, 3.05) is 13.1 Å². The summed E-state index contributed by atoms with van der Waals surface area (Å²) in [6.45, 7) is 2.50. The number of amides is 2. The molecule has 1 saturated carbocycles. The van der Waals surface area contributed by atoms with Crippen LogP contribution in [0, 0.1) is 5.41 Å². The Hall–Kier alpha value is -2.41. The van der Waals surface area contributed by atoms with Gasteiger partial charge in [0.25, 0.3) is 0 Å². The third-order valence-corrected chi connectivity index (χ3v) is 5.45. The lowest BCUT2D eigenvalue weighted by Crippen LogP contribution is -2.65. The van der Waals surface area contributed by atoms with Gasteiger partial charge in [0, 0.05) is 31.0 Å². The van der Waals surface area contributed by atoms with Crippen LogP contribution in [0.1, 0.15) is 43.0 Å². The normalized spacial score (nSPS) is 18.1. The van der Waals surface area contributed by atoms with E-state index in [1.807, 2.05) is 24.3 Å². The lowest BCUT2D eigenvalue weighted by molar-refractivity contribution is -0.152. The van der Waals surface area contributed by atoms with Crippen molar-refractivity contribution >= 4 is 23.4 Å². The minimum absolute atomic E-state index is 0.0273. The van der Waals surface area contributed by atoms with Gasteiger partial charge in [-0.15, -0.1) is 0 Å².